The quantitative estimate of drug-likeness (QED) is 0.579. The van der Waals surface area contributed by atoms with Crippen molar-refractivity contribution in [2.24, 2.45) is 5.92 Å². The van der Waals surface area contributed by atoms with Crippen LogP contribution in [-0.2, 0) is 10.2 Å². The smallest absolute Gasteiger partial charge is 0.202 e. The molecule has 0 aromatic rings. The molecule has 0 amide bonds. The van der Waals surface area contributed by atoms with E-state index in [0.717, 1.165) is 38.5 Å². The first-order valence-corrected chi connectivity index (χ1v) is 8.84. The minimum absolute atomic E-state index is 0.453. The average molecular weight is 297 g/mol. The third-order valence-electron chi connectivity index (χ3n) is 3.33. The van der Waals surface area contributed by atoms with E-state index in [0.29, 0.717) is 31.4 Å². The second kappa shape index (κ2) is 8.35. The van der Waals surface area contributed by atoms with Crippen molar-refractivity contribution in [3.05, 3.63) is 0 Å². The van der Waals surface area contributed by atoms with Crippen molar-refractivity contribution >= 4 is 21.8 Å². The van der Waals surface area contributed by atoms with E-state index in [2.05, 4.69) is 11.6 Å². The lowest BCUT2D eigenvalue weighted by molar-refractivity contribution is 0.413. The summed E-state index contributed by atoms with van der Waals surface area (Å²) in [5, 5.41) is 0. The van der Waals surface area contributed by atoms with Crippen LogP contribution in [0.15, 0.2) is 0 Å². The maximum atomic E-state index is 12.0. The third-order valence-corrected chi connectivity index (χ3v) is 5.47. The van der Waals surface area contributed by atoms with Gasteiger partial charge < -0.3 is 0 Å². The van der Waals surface area contributed by atoms with E-state index < -0.39 is 10.2 Å². The van der Waals surface area contributed by atoms with Crippen LogP contribution in [0.1, 0.15) is 45.4 Å². The molecule has 6 heteroatoms. The lowest BCUT2D eigenvalue weighted by Crippen LogP contribution is -2.41. The maximum Gasteiger partial charge on any atom is 0.279 e. The van der Waals surface area contributed by atoms with Gasteiger partial charge in [-0.15, -0.1) is 11.6 Å². The molecule has 1 unspecified atom stereocenters. The van der Waals surface area contributed by atoms with E-state index in [-0.39, 0.29) is 0 Å². The second-order valence-corrected chi connectivity index (χ2v) is 7.18. The number of nitrogens with zero attached hydrogens (tertiary/aromatic N) is 1. The van der Waals surface area contributed by atoms with Crippen LogP contribution >= 0.6 is 11.6 Å². The van der Waals surface area contributed by atoms with Crippen LogP contribution < -0.4 is 4.72 Å². The maximum absolute atomic E-state index is 12.0. The molecule has 0 aromatic carbocycles. The highest BCUT2D eigenvalue weighted by atomic mass is 35.5. The van der Waals surface area contributed by atoms with Crippen molar-refractivity contribution in [1.29, 1.82) is 0 Å². The molecule has 0 saturated carbocycles. The molecule has 0 bridgehead atoms. The summed E-state index contributed by atoms with van der Waals surface area (Å²) in [7, 11) is -3.26. The molecule has 0 aliphatic carbocycles. The first-order chi connectivity index (χ1) is 8.56. The molecule has 1 heterocycles. The molecule has 108 valence electrons. The van der Waals surface area contributed by atoms with Crippen LogP contribution in [-0.4, -0.2) is 38.2 Å². The highest BCUT2D eigenvalue weighted by molar-refractivity contribution is 7.87. The molecular weight excluding hydrogens is 272 g/mol. The van der Waals surface area contributed by atoms with Gasteiger partial charge >= 0.3 is 0 Å². The molecule has 1 fully saturated rings. The van der Waals surface area contributed by atoms with Gasteiger partial charge in [-0.05, 0) is 31.6 Å². The number of halogens is 1. The summed E-state index contributed by atoms with van der Waals surface area (Å²) < 4.78 is 28.4. The Bertz CT molecular complexity index is 314. The van der Waals surface area contributed by atoms with Crippen molar-refractivity contribution in [1.82, 2.24) is 9.03 Å². The van der Waals surface area contributed by atoms with Gasteiger partial charge in [-0.2, -0.15) is 12.7 Å². The zero-order valence-corrected chi connectivity index (χ0v) is 12.8. The fourth-order valence-electron chi connectivity index (χ4n) is 2.10. The summed E-state index contributed by atoms with van der Waals surface area (Å²) in [5.41, 5.74) is 0. The summed E-state index contributed by atoms with van der Waals surface area (Å²) >= 11 is 5.71. The van der Waals surface area contributed by atoms with Crippen LogP contribution in [0.25, 0.3) is 0 Å². The molecule has 1 saturated heterocycles. The van der Waals surface area contributed by atoms with Crippen LogP contribution in [0.2, 0.25) is 0 Å². The standard InChI is InChI=1S/C12H25ClN2O2S/c1-12(11-13)7-6-8-14-18(16,17)15-9-4-2-3-5-10-15/h12,14H,2-11H2,1H3. The van der Waals surface area contributed by atoms with Crippen molar-refractivity contribution in [3.8, 4) is 0 Å². The SMILES string of the molecule is CC(CCl)CCCNS(=O)(=O)N1CCCCCC1. The molecule has 18 heavy (non-hydrogen) atoms. The number of rotatable bonds is 7. The molecule has 1 aliphatic heterocycles. The van der Waals surface area contributed by atoms with Gasteiger partial charge in [0.25, 0.3) is 10.2 Å². The van der Waals surface area contributed by atoms with Crippen LogP contribution in [0.3, 0.4) is 0 Å². The Morgan fingerprint density at radius 1 is 1.22 bits per heavy atom. The highest BCUT2D eigenvalue weighted by Crippen LogP contribution is 2.12. The van der Waals surface area contributed by atoms with E-state index in [1.165, 1.54) is 0 Å². The first-order valence-electron chi connectivity index (χ1n) is 6.87. The Morgan fingerprint density at radius 2 is 1.83 bits per heavy atom. The molecule has 0 radical (unpaired) electrons. The minimum atomic E-state index is -3.26. The third kappa shape index (κ3) is 5.87. The second-order valence-electron chi connectivity index (χ2n) is 5.11. The molecule has 1 N–H and O–H groups in total. The summed E-state index contributed by atoms with van der Waals surface area (Å²) in [6.07, 6.45) is 6.04. The Kier molecular flexibility index (Phi) is 7.53. The zero-order valence-electron chi connectivity index (χ0n) is 11.2. The minimum Gasteiger partial charge on any atom is -0.202 e. The lowest BCUT2D eigenvalue weighted by atomic mass is 10.1. The Labute approximate surface area is 116 Å². The normalized spacial score (nSPS) is 20.6. The summed E-state index contributed by atoms with van der Waals surface area (Å²) in [6, 6.07) is 0. The van der Waals surface area contributed by atoms with Crippen molar-refractivity contribution in [3.63, 3.8) is 0 Å². The van der Waals surface area contributed by atoms with Crippen LogP contribution in [0, 0.1) is 5.92 Å². The zero-order chi connectivity index (χ0) is 13.4. The Hall–Kier alpha value is 0.160. The van der Waals surface area contributed by atoms with Gasteiger partial charge in [0, 0.05) is 25.5 Å². The molecule has 1 rings (SSSR count). The number of nitrogens with one attached hydrogen (secondary N) is 1. The Balaban J connectivity index is 2.30. The topological polar surface area (TPSA) is 49.4 Å². The molecule has 1 atom stereocenters. The van der Waals surface area contributed by atoms with Gasteiger partial charge in [-0.25, -0.2) is 4.72 Å². The van der Waals surface area contributed by atoms with Crippen molar-refractivity contribution in [2.75, 3.05) is 25.5 Å². The lowest BCUT2D eigenvalue weighted by Gasteiger charge is -2.20. The number of alkyl halides is 1. The molecule has 1 aliphatic rings. The first kappa shape index (κ1) is 16.2. The van der Waals surface area contributed by atoms with Crippen molar-refractivity contribution in [2.45, 2.75) is 45.4 Å². The summed E-state index contributed by atoms with van der Waals surface area (Å²) in [5.74, 6) is 1.09. The van der Waals surface area contributed by atoms with Crippen LogP contribution in [0.4, 0.5) is 0 Å². The van der Waals surface area contributed by atoms with Gasteiger partial charge in [0.05, 0.1) is 0 Å². The van der Waals surface area contributed by atoms with Gasteiger partial charge in [0.1, 0.15) is 0 Å². The van der Waals surface area contributed by atoms with E-state index >= 15 is 0 Å². The van der Waals surface area contributed by atoms with E-state index in [1.807, 2.05) is 0 Å². The predicted molar refractivity (Wildman–Crippen MR) is 76.1 cm³/mol. The fourth-order valence-corrected chi connectivity index (χ4v) is 3.58. The van der Waals surface area contributed by atoms with Gasteiger partial charge in [-0.1, -0.05) is 19.8 Å². The van der Waals surface area contributed by atoms with Gasteiger partial charge in [-0.3, -0.25) is 0 Å². The molecular formula is C12H25ClN2O2S. The van der Waals surface area contributed by atoms with Gasteiger partial charge in [0.2, 0.25) is 0 Å². The average Bonchev–Trinajstić information content (AvgIpc) is 2.63. The van der Waals surface area contributed by atoms with Crippen molar-refractivity contribution < 1.29 is 8.42 Å². The van der Waals surface area contributed by atoms with E-state index in [1.54, 1.807) is 4.31 Å². The van der Waals surface area contributed by atoms with E-state index in [9.17, 15) is 8.42 Å². The highest BCUT2D eigenvalue weighted by Gasteiger charge is 2.21. The largest absolute Gasteiger partial charge is 0.279 e. The van der Waals surface area contributed by atoms with E-state index in [4.69, 9.17) is 11.6 Å². The number of hydrogen-bond donors (Lipinski definition) is 1. The molecule has 4 nitrogen and oxygen atoms in total. The van der Waals surface area contributed by atoms with Gasteiger partial charge in [0.15, 0.2) is 0 Å². The van der Waals surface area contributed by atoms with Crippen LogP contribution in [0.5, 0.6) is 0 Å². The summed E-state index contributed by atoms with van der Waals surface area (Å²) in [4.78, 5) is 0. The molecule has 0 spiro atoms. The predicted octanol–water partition coefficient (Wildman–Crippen LogP) is 2.35. The number of hydrogen-bond acceptors (Lipinski definition) is 2. The molecule has 0 aromatic heterocycles. The fraction of sp³-hybridized carbons (Fsp3) is 1.00. The Morgan fingerprint density at radius 3 is 2.39 bits per heavy atom. The summed E-state index contributed by atoms with van der Waals surface area (Å²) in [6.45, 7) is 3.91. The monoisotopic (exact) mass is 296 g/mol.